The fourth-order valence-electron chi connectivity index (χ4n) is 2.99. The van der Waals surface area contributed by atoms with Crippen molar-refractivity contribution in [1.29, 1.82) is 0 Å². The van der Waals surface area contributed by atoms with Crippen molar-refractivity contribution >= 4 is 50.3 Å². The van der Waals surface area contributed by atoms with E-state index in [0.29, 0.717) is 33.3 Å². The second-order valence-electron chi connectivity index (χ2n) is 6.61. The van der Waals surface area contributed by atoms with Crippen LogP contribution < -0.4 is 4.90 Å². The minimum absolute atomic E-state index is 0.208. The highest BCUT2D eigenvalue weighted by atomic mass is 35.5. The van der Waals surface area contributed by atoms with Crippen molar-refractivity contribution in [2.45, 2.75) is 13.0 Å². The molecule has 2 heterocycles. The molecule has 2 aromatic heterocycles. The summed E-state index contributed by atoms with van der Waals surface area (Å²) in [5.41, 5.74) is 1.43. The summed E-state index contributed by atoms with van der Waals surface area (Å²) in [6.07, 6.45) is 9.24. The molecule has 30 heavy (non-hydrogen) atoms. The molecule has 0 saturated heterocycles. The van der Waals surface area contributed by atoms with Crippen LogP contribution in [0.2, 0.25) is 5.02 Å². The van der Waals surface area contributed by atoms with Crippen molar-refractivity contribution in [3.05, 3.63) is 83.7 Å². The van der Waals surface area contributed by atoms with Gasteiger partial charge in [-0.3, -0.25) is 9.69 Å². The molecule has 0 aliphatic heterocycles. The van der Waals surface area contributed by atoms with Gasteiger partial charge in [-0.1, -0.05) is 41.1 Å². The molecule has 0 N–H and O–H groups in total. The Hall–Kier alpha value is -3.03. The van der Waals surface area contributed by atoms with Crippen LogP contribution in [-0.4, -0.2) is 27.0 Å². The van der Waals surface area contributed by atoms with Gasteiger partial charge in [-0.15, -0.1) is 0 Å². The molecule has 0 unspecified atom stereocenters. The quantitative estimate of drug-likeness (QED) is 0.360. The number of carbonyl (C=O) groups excluding carboxylic acids is 1. The number of hydrogen-bond donors (Lipinski definition) is 0. The zero-order valence-corrected chi connectivity index (χ0v) is 17.5. The zero-order chi connectivity index (χ0) is 20.9. The maximum Gasteiger partial charge on any atom is 0.252 e. The number of thiazole rings is 1. The minimum Gasteiger partial charge on any atom is -0.337 e. The first-order valence-electron chi connectivity index (χ1n) is 9.36. The third kappa shape index (κ3) is 4.75. The molecule has 1 amide bonds. The molecule has 0 bridgehead atoms. The summed E-state index contributed by atoms with van der Waals surface area (Å²) in [4.78, 5) is 23.2. The van der Waals surface area contributed by atoms with Crippen LogP contribution in [0.25, 0.3) is 16.3 Å². The highest BCUT2D eigenvalue weighted by Crippen LogP contribution is 2.30. The van der Waals surface area contributed by atoms with Gasteiger partial charge in [0, 0.05) is 36.6 Å². The van der Waals surface area contributed by atoms with Crippen molar-refractivity contribution < 1.29 is 9.18 Å². The molecule has 0 spiro atoms. The summed E-state index contributed by atoms with van der Waals surface area (Å²) in [6.45, 7) is 1.18. The molecule has 2 aromatic carbocycles. The second kappa shape index (κ2) is 9.19. The number of aromatic nitrogens is 3. The number of rotatable bonds is 7. The molecule has 4 aromatic rings. The summed E-state index contributed by atoms with van der Waals surface area (Å²) < 4.78 is 16.2. The number of carbonyl (C=O) groups is 1. The molecule has 8 heteroatoms. The first-order chi connectivity index (χ1) is 14.6. The monoisotopic (exact) mass is 440 g/mol. The third-order valence-corrected chi connectivity index (χ3v) is 5.89. The third-order valence-electron chi connectivity index (χ3n) is 4.50. The lowest BCUT2D eigenvalue weighted by molar-refractivity contribution is -0.114. The topological polar surface area (TPSA) is 51.0 Å². The molecule has 0 aliphatic rings. The number of aryl methyl sites for hydroxylation is 1. The van der Waals surface area contributed by atoms with Gasteiger partial charge in [-0.2, -0.15) is 0 Å². The number of benzene rings is 2. The minimum atomic E-state index is -0.325. The lowest BCUT2D eigenvalue weighted by Gasteiger charge is -2.18. The van der Waals surface area contributed by atoms with Crippen molar-refractivity contribution in [1.82, 2.24) is 14.5 Å². The fourth-order valence-corrected chi connectivity index (χ4v) is 4.21. The predicted octanol–water partition coefficient (Wildman–Crippen LogP) is 5.42. The van der Waals surface area contributed by atoms with Crippen molar-refractivity contribution in [3.8, 4) is 0 Å². The maximum absolute atomic E-state index is 13.6. The van der Waals surface area contributed by atoms with Crippen LogP contribution in [-0.2, 0) is 11.3 Å². The Balaban J connectivity index is 1.58. The van der Waals surface area contributed by atoms with E-state index in [1.54, 1.807) is 35.6 Å². The fraction of sp³-hybridized carbons (Fsp3) is 0.136. The Morgan fingerprint density at radius 2 is 2.13 bits per heavy atom. The van der Waals surface area contributed by atoms with Crippen LogP contribution in [0.15, 0.2) is 67.3 Å². The van der Waals surface area contributed by atoms with E-state index in [4.69, 9.17) is 11.6 Å². The number of fused-ring (bicyclic) bond motifs is 1. The largest absolute Gasteiger partial charge is 0.337 e. The summed E-state index contributed by atoms with van der Waals surface area (Å²) in [6, 6.07) is 11.7. The van der Waals surface area contributed by atoms with E-state index < -0.39 is 0 Å². The van der Waals surface area contributed by atoms with Gasteiger partial charge in [0.15, 0.2) is 5.13 Å². The zero-order valence-electron chi connectivity index (χ0n) is 15.9. The SMILES string of the molecule is O=C(/C=C/c1ccccc1Cl)N(CCCn1ccnc1)c1nc2ccc(F)cc2s1. The summed E-state index contributed by atoms with van der Waals surface area (Å²) in [7, 11) is 0. The van der Waals surface area contributed by atoms with Crippen LogP contribution in [0.3, 0.4) is 0 Å². The number of nitrogens with zero attached hydrogens (tertiary/aromatic N) is 4. The van der Waals surface area contributed by atoms with Gasteiger partial charge in [0.1, 0.15) is 5.82 Å². The lowest BCUT2D eigenvalue weighted by atomic mass is 10.2. The predicted molar refractivity (Wildman–Crippen MR) is 119 cm³/mol. The Bertz CT molecular complexity index is 1190. The van der Waals surface area contributed by atoms with Gasteiger partial charge in [-0.05, 0) is 42.3 Å². The second-order valence-corrected chi connectivity index (χ2v) is 8.02. The highest BCUT2D eigenvalue weighted by Gasteiger charge is 2.18. The van der Waals surface area contributed by atoms with Crippen LogP contribution in [0, 0.1) is 5.82 Å². The first-order valence-corrected chi connectivity index (χ1v) is 10.6. The molecular weight excluding hydrogens is 423 g/mol. The molecule has 0 fully saturated rings. The summed E-state index contributed by atoms with van der Waals surface area (Å²) in [5.74, 6) is -0.533. The van der Waals surface area contributed by atoms with E-state index in [1.165, 1.54) is 29.5 Å². The van der Waals surface area contributed by atoms with Crippen LogP contribution in [0.5, 0.6) is 0 Å². The number of amides is 1. The van der Waals surface area contributed by atoms with Crippen molar-refractivity contribution in [3.63, 3.8) is 0 Å². The Morgan fingerprint density at radius 3 is 2.93 bits per heavy atom. The van der Waals surface area contributed by atoms with Gasteiger partial charge in [0.2, 0.25) is 0 Å². The van der Waals surface area contributed by atoms with E-state index in [9.17, 15) is 9.18 Å². The van der Waals surface area contributed by atoms with Gasteiger partial charge >= 0.3 is 0 Å². The molecule has 5 nitrogen and oxygen atoms in total. The van der Waals surface area contributed by atoms with Gasteiger partial charge in [0.25, 0.3) is 5.91 Å². The number of halogens is 2. The molecule has 0 saturated carbocycles. The standard InChI is InChI=1S/C22H18ClFN4OS/c23-18-5-2-1-4-16(18)6-9-21(29)28(12-3-11-27-13-10-25-15-27)22-26-19-8-7-17(24)14-20(19)30-22/h1-2,4-10,13-15H,3,11-12H2/b9-6+. The lowest BCUT2D eigenvalue weighted by Crippen LogP contribution is -2.30. The molecule has 0 aliphatic carbocycles. The smallest absolute Gasteiger partial charge is 0.252 e. The average Bonchev–Trinajstić information content (AvgIpc) is 3.39. The van der Waals surface area contributed by atoms with Crippen LogP contribution >= 0.6 is 22.9 Å². The van der Waals surface area contributed by atoms with Crippen molar-refractivity contribution in [2.75, 3.05) is 11.4 Å². The normalized spacial score (nSPS) is 11.4. The van der Waals surface area contributed by atoms with E-state index in [1.807, 2.05) is 29.0 Å². The molecule has 0 radical (unpaired) electrons. The van der Waals surface area contributed by atoms with Crippen LogP contribution in [0.1, 0.15) is 12.0 Å². The summed E-state index contributed by atoms with van der Waals surface area (Å²) in [5, 5.41) is 1.11. The average molecular weight is 441 g/mol. The Morgan fingerprint density at radius 1 is 1.27 bits per heavy atom. The number of imidazole rings is 1. The van der Waals surface area contributed by atoms with Crippen molar-refractivity contribution in [2.24, 2.45) is 0 Å². The maximum atomic E-state index is 13.6. The van der Waals surface area contributed by atoms with E-state index in [2.05, 4.69) is 9.97 Å². The number of hydrogen-bond acceptors (Lipinski definition) is 4. The van der Waals surface area contributed by atoms with Gasteiger partial charge in [-0.25, -0.2) is 14.4 Å². The molecule has 0 atom stereocenters. The highest BCUT2D eigenvalue weighted by molar-refractivity contribution is 7.22. The van der Waals surface area contributed by atoms with E-state index >= 15 is 0 Å². The summed E-state index contributed by atoms with van der Waals surface area (Å²) >= 11 is 7.48. The first kappa shape index (κ1) is 20.3. The Labute approximate surface area is 182 Å². The molecule has 4 rings (SSSR count). The van der Waals surface area contributed by atoms with Crippen LogP contribution in [0.4, 0.5) is 9.52 Å². The Kier molecular flexibility index (Phi) is 6.21. The van der Waals surface area contributed by atoms with E-state index in [-0.39, 0.29) is 11.7 Å². The molecule has 152 valence electrons. The van der Waals surface area contributed by atoms with Gasteiger partial charge in [0.05, 0.1) is 16.5 Å². The number of anilines is 1. The van der Waals surface area contributed by atoms with Gasteiger partial charge < -0.3 is 4.57 Å². The van der Waals surface area contributed by atoms with E-state index in [0.717, 1.165) is 12.1 Å². The molecular formula is C22H18ClFN4OS.